The van der Waals surface area contributed by atoms with E-state index in [9.17, 15) is 18.0 Å². The molecule has 2 heterocycles. The number of likely N-dealkylation sites (tertiary alicyclic amines) is 1. The number of carbonyl (C=O) groups is 2. The summed E-state index contributed by atoms with van der Waals surface area (Å²) in [7, 11) is -3.68. The van der Waals surface area contributed by atoms with E-state index in [0.29, 0.717) is 18.7 Å². The summed E-state index contributed by atoms with van der Waals surface area (Å²) in [6, 6.07) is 6.15. The Morgan fingerprint density at radius 1 is 1.03 bits per heavy atom. The van der Waals surface area contributed by atoms with Crippen LogP contribution >= 0.6 is 0 Å². The summed E-state index contributed by atoms with van der Waals surface area (Å²) in [5.74, 6) is -0.358. The molecule has 7 nitrogen and oxygen atoms in total. The number of nitrogens with one attached hydrogen (secondary N) is 1. The second kappa shape index (κ2) is 9.31. The molecule has 0 spiro atoms. The molecule has 2 aliphatic heterocycles. The minimum atomic E-state index is -3.68. The van der Waals surface area contributed by atoms with Gasteiger partial charge in [-0.3, -0.25) is 9.59 Å². The second-order valence-electron chi connectivity index (χ2n) is 8.39. The van der Waals surface area contributed by atoms with Crippen molar-refractivity contribution in [3.05, 3.63) is 42.5 Å². The van der Waals surface area contributed by atoms with Crippen molar-refractivity contribution in [1.82, 2.24) is 14.5 Å². The third-order valence-electron chi connectivity index (χ3n) is 6.09. The van der Waals surface area contributed by atoms with Crippen LogP contribution in [0.4, 0.5) is 0 Å². The Morgan fingerprint density at radius 2 is 1.60 bits per heavy atom. The molecule has 0 radical (unpaired) electrons. The summed E-state index contributed by atoms with van der Waals surface area (Å²) in [5.41, 5.74) is 0.517. The highest BCUT2D eigenvalue weighted by Crippen LogP contribution is 2.27. The van der Waals surface area contributed by atoms with Gasteiger partial charge in [-0.05, 0) is 61.4 Å². The summed E-state index contributed by atoms with van der Waals surface area (Å²) in [6.07, 6.45) is 4.40. The highest BCUT2D eigenvalue weighted by molar-refractivity contribution is 7.89. The monoisotopic (exact) mass is 433 g/mol. The fraction of sp³-hybridized carbons (Fsp3) is 0.545. The summed E-state index contributed by atoms with van der Waals surface area (Å²) < 4.78 is 27.8. The fourth-order valence-electron chi connectivity index (χ4n) is 4.41. The van der Waals surface area contributed by atoms with Crippen molar-refractivity contribution in [2.45, 2.75) is 44.0 Å². The first kappa shape index (κ1) is 22.5. The largest absolute Gasteiger partial charge is 0.349 e. The first-order chi connectivity index (χ1) is 14.2. The van der Waals surface area contributed by atoms with E-state index >= 15 is 0 Å². The molecule has 2 unspecified atom stereocenters. The number of hydrogen-bond acceptors (Lipinski definition) is 4. The van der Waals surface area contributed by atoms with Crippen LogP contribution in [0.5, 0.6) is 0 Å². The number of amides is 2. The maximum Gasteiger partial charge on any atom is 0.253 e. The molecule has 2 saturated heterocycles. The average molecular weight is 434 g/mol. The Labute approximate surface area is 179 Å². The lowest BCUT2D eigenvalue weighted by Gasteiger charge is -2.40. The lowest BCUT2D eigenvalue weighted by Crippen LogP contribution is -2.55. The lowest BCUT2D eigenvalue weighted by atomic mass is 9.87. The fourth-order valence-corrected chi connectivity index (χ4v) is 6.05. The van der Waals surface area contributed by atoms with E-state index in [1.165, 1.54) is 22.5 Å². The first-order valence-corrected chi connectivity index (χ1v) is 12.0. The van der Waals surface area contributed by atoms with Gasteiger partial charge in [-0.25, -0.2) is 8.42 Å². The van der Waals surface area contributed by atoms with Gasteiger partial charge < -0.3 is 10.2 Å². The van der Waals surface area contributed by atoms with E-state index in [1.54, 1.807) is 12.1 Å². The normalized spacial score (nSPS) is 25.5. The molecule has 164 valence electrons. The molecule has 2 atom stereocenters. The van der Waals surface area contributed by atoms with Crippen LogP contribution in [0.15, 0.2) is 41.8 Å². The second-order valence-corrected chi connectivity index (χ2v) is 10.3. The van der Waals surface area contributed by atoms with Crippen LogP contribution in [0.3, 0.4) is 0 Å². The summed E-state index contributed by atoms with van der Waals surface area (Å²) >= 11 is 0. The molecule has 2 aliphatic rings. The molecular formula is C22H31N3O4S. The lowest BCUT2D eigenvalue weighted by molar-refractivity contribution is -0.118. The van der Waals surface area contributed by atoms with Gasteiger partial charge in [0.05, 0.1) is 4.90 Å². The Morgan fingerprint density at radius 3 is 2.13 bits per heavy atom. The van der Waals surface area contributed by atoms with Crippen molar-refractivity contribution in [2.75, 3.05) is 26.2 Å². The molecule has 0 aromatic heterocycles. The van der Waals surface area contributed by atoms with Gasteiger partial charge in [0, 0.05) is 37.8 Å². The molecule has 8 heteroatoms. The van der Waals surface area contributed by atoms with Crippen LogP contribution in [0.1, 0.15) is 43.5 Å². The predicted octanol–water partition coefficient (Wildman–Crippen LogP) is 2.26. The van der Waals surface area contributed by atoms with Crippen molar-refractivity contribution in [2.24, 2.45) is 11.8 Å². The van der Waals surface area contributed by atoms with E-state index in [-0.39, 0.29) is 34.6 Å². The van der Waals surface area contributed by atoms with Gasteiger partial charge in [0.25, 0.3) is 5.91 Å². The zero-order valence-electron chi connectivity index (χ0n) is 17.7. The Hall–Kier alpha value is -2.19. The maximum absolute atomic E-state index is 13.2. The topological polar surface area (TPSA) is 86.8 Å². The van der Waals surface area contributed by atoms with Gasteiger partial charge in [0.2, 0.25) is 15.9 Å². The summed E-state index contributed by atoms with van der Waals surface area (Å²) in [6.45, 7) is 9.51. The van der Waals surface area contributed by atoms with Crippen LogP contribution in [-0.2, 0) is 14.8 Å². The molecule has 30 heavy (non-hydrogen) atoms. The molecule has 2 amide bonds. The number of sulfonamides is 1. The number of carbonyl (C=O) groups excluding carboxylic acids is 2. The number of benzene rings is 1. The van der Waals surface area contributed by atoms with Crippen molar-refractivity contribution in [3.8, 4) is 0 Å². The van der Waals surface area contributed by atoms with Gasteiger partial charge in [0.15, 0.2) is 0 Å². The third kappa shape index (κ3) is 4.75. The quantitative estimate of drug-likeness (QED) is 0.722. The Balaban J connectivity index is 1.71. The first-order valence-electron chi connectivity index (χ1n) is 10.6. The van der Waals surface area contributed by atoms with Crippen LogP contribution in [0.25, 0.3) is 0 Å². The molecule has 1 aromatic rings. The summed E-state index contributed by atoms with van der Waals surface area (Å²) in [4.78, 5) is 26.3. The van der Waals surface area contributed by atoms with Crippen LogP contribution < -0.4 is 5.32 Å². The van der Waals surface area contributed by atoms with E-state index < -0.39 is 10.0 Å². The number of hydrogen-bond donors (Lipinski definition) is 1. The smallest absolute Gasteiger partial charge is 0.253 e. The van der Waals surface area contributed by atoms with E-state index in [4.69, 9.17) is 0 Å². The van der Waals surface area contributed by atoms with Crippen LogP contribution in [0, 0.1) is 11.8 Å². The molecule has 1 aromatic carbocycles. The van der Waals surface area contributed by atoms with E-state index in [2.05, 4.69) is 11.9 Å². The standard InChI is InChI=1S/C22H31N3O4S/c1-4-20(26)23-21-16(2)14-25(15-17(21)3)30(28,29)19-10-8-18(9-11-19)22(27)24-12-6-5-7-13-24/h4,8-11,16-17,21H,1,5-7,12-15H2,2-3H3,(H,23,26). The highest BCUT2D eigenvalue weighted by Gasteiger charge is 2.38. The van der Waals surface area contributed by atoms with Gasteiger partial charge >= 0.3 is 0 Å². The van der Waals surface area contributed by atoms with Gasteiger partial charge in [-0.1, -0.05) is 20.4 Å². The molecule has 1 N–H and O–H groups in total. The molecule has 0 aliphatic carbocycles. The Kier molecular flexibility index (Phi) is 6.98. The van der Waals surface area contributed by atoms with Crippen molar-refractivity contribution < 1.29 is 18.0 Å². The summed E-state index contributed by atoms with van der Waals surface area (Å²) in [5, 5.41) is 2.91. The van der Waals surface area contributed by atoms with Crippen molar-refractivity contribution in [1.29, 1.82) is 0 Å². The van der Waals surface area contributed by atoms with Crippen molar-refractivity contribution >= 4 is 21.8 Å². The zero-order chi connectivity index (χ0) is 21.9. The predicted molar refractivity (Wildman–Crippen MR) is 115 cm³/mol. The zero-order valence-corrected chi connectivity index (χ0v) is 18.5. The average Bonchev–Trinajstić information content (AvgIpc) is 2.76. The van der Waals surface area contributed by atoms with E-state index in [0.717, 1.165) is 32.4 Å². The SMILES string of the molecule is C=CC(=O)NC1C(C)CN(S(=O)(=O)c2ccc(C(=O)N3CCCCC3)cc2)CC1C. The number of piperidine rings is 2. The molecule has 2 fully saturated rings. The van der Waals surface area contributed by atoms with E-state index in [1.807, 2.05) is 18.7 Å². The maximum atomic E-state index is 13.2. The minimum absolute atomic E-state index is 0.0348. The molecule has 3 rings (SSSR count). The van der Waals surface area contributed by atoms with Crippen LogP contribution in [0.2, 0.25) is 0 Å². The number of nitrogens with zero attached hydrogens (tertiary/aromatic N) is 2. The highest BCUT2D eigenvalue weighted by atomic mass is 32.2. The minimum Gasteiger partial charge on any atom is -0.349 e. The molecule has 0 saturated carbocycles. The molecule has 0 bridgehead atoms. The third-order valence-corrected chi connectivity index (χ3v) is 7.93. The number of rotatable bonds is 5. The van der Waals surface area contributed by atoms with Gasteiger partial charge in [0.1, 0.15) is 0 Å². The van der Waals surface area contributed by atoms with Crippen LogP contribution in [-0.4, -0.2) is 61.7 Å². The molecular weight excluding hydrogens is 402 g/mol. The van der Waals surface area contributed by atoms with Gasteiger partial charge in [-0.15, -0.1) is 0 Å². The Bertz CT molecular complexity index is 879. The van der Waals surface area contributed by atoms with Gasteiger partial charge in [-0.2, -0.15) is 4.31 Å². The van der Waals surface area contributed by atoms with Crippen molar-refractivity contribution in [3.63, 3.8) is 0 Å².